The van der Waals surface area contributed by atoms with E-state index in [0.29, 0.717) is 6.10 Å². The summed E-state index contributed by atoms with van der Waals surface area (Å²) in [5, 5.41) is 3.74. The molecule has 0 aromatic heterocycles. The van der Waals surface area contributed by atoms with Crippen molar-refractivity contribution in [2.24, 2.45) is 17.8 Å². The van der Waals surface area contributed by atoms with Crippen LogP contribution in [0.15, 0.2) is 60.7 Å². The molecule has 2 saturated carbocycles. The van der Waals surface area contributed by atoms with Crippen LogP contribution in [0.1, 0.15) is 43.2 Å². The lowest BCUT2D eigenvalue weighted by Gasteiger charge is -2.22. The van der Waals surface area contributed by atoms with E-state index in [1.54, 1.807) is 0 Å². The number of hydrogen-bond donors (Lipinski definition) is 1. The fourth-order valence-electron chi connectivity index (χ4n) is 5.18. The topological polar surface area (TPSA) is 21.3 Å². The zero-order valence-electron chi connectivity index (χ0n) is 16.4. The van der Waals surface area contributed by atoms with E-state index in [1.807, 2.05) is 0 Å². The van der Waals surface area contributed by atoms with Gasteiger partial charge < -0.3 is 10.1 Å². The predicted molar refractivity (Wildman–Crippen MR) is 112 cm³/mol. The first-order valence-corrected chi connectivity index (χ1v) is 10.8. The van der Waals surface area contributed by atoms with Crippen molar-refractivity contribution in [2.45, 2.75) is 51.2 Å². The average molecular weight is 364 g/mol. The molecule has 2 aromatic carbocycles. The van der Waals surface area contributed by atoms with E-state index in [1.165, 1.54) is 56.2 Å². The predicted octanol–water partition coefficient (Wildman–Crippen LogP) is 5.23. The van der Waals surface area contributed by atoms with Crippen molar-refractivity contribution >= 4 is 0 Å². The van der Waals surface area contributed by atoms with E-state index >= 15 is 0 Å². The zero-order valence-corrected chi connectivity index (χ0v) is 16.4. The maximum absolute atomic E-state index is 6.37. The number of nitrogens with one attached hydrogen (secondary N) is 1. The summed E-state index contributed by atoms with van der Waals surface area (Å²) in [7, 11) is 0. The van der Waals surface area contributed by atoms with Crippen LogP contribution in [-0.4, -0.2) is 19.2 Å². The molecule has 1 N–H and O–H groups in total. The minimum atomic E-state index is 0.495. The Morgan fingerprint density at radius 2 is 1.59 bits per heavy atom. The third kappa shape index (κ3) is 5.00. The Hall–Kier alpha value is -1.64. The number of aryl methyl sites for hydroxylation is 1. The van der Waals surface area contributed by atoms with Crippen LogP contribution in [0, 0.1) is 17.8 Å². The normalized spacial score (nSPS) is 26.5. The number of benzene rings is 2. The van der Waals surface area contributed by atoms with E-state index in [9.17, 15) is 0 Å². The van der Waals surface area contributed by atoms with Crippen LogP contribution < -0.4 is 5.32 Å². The lowest BCUT2D eigenvalue weighted by Crippen LogP contribution is -2.29. The lowest BCUT2D eigenvalue weighted by atomic mass is 9.89. The molecule has 4 atom stereocenters. The second-order valence-electron chi connectivity index (χ2n) is 8.41. The minimum absolute atomic E-state index is 0.495. The van der Waals surface area contributed by atoms with Gasteiger partial charge >= 0.3 is 0 Å². The number of unbranched alkanes of at least 4 members (excludes halogenated alkanes) is 1. The third-order valence-electron chi connectivity index (χ3n) is 6.57. The standard InChI is InChI=1S/C25H33NO/c1-3-9-20(10-4-1)11-7-8-16-26-18-23-17-22-14-15-24(23)25(22)27-19-21-12-5-2-6-13-21/h1-6,9-10,12-13,22-26H,7-8,11,14-19H2. The minimum Gasteiger partial charge on any atom is -0.373 e. The molecule has 2 aromatic rings. The van der Waals surface area contributed by atoms with E-state index in [2.05, 4.69) is 66.0 Å². The summed E-state index contributed by atoms with van der Waals surface area (Å²) >= 11 is 0. The highest BCUT2D eigenvalue weighted by atomic mass is 16.5. The van der Waals surface area contributed by atoms with Gasteiger partial charge in [-0.2, -0.15) is 0 Å². The first-order valence-electron chi connectivity index (χ1n) is 10.8. The van der Waals surface area contributed by atoms with Gasteiger partial charge in [0.25, 0.3) is 0 Å². The van der Waals surface area contributed by atoms with Crippen molar-refractivity contribution in [2.75, 3.05) is 13.1 Å². The highest BCUT2D eigenvalue weighted by Crippen LogP contribution is 2.50. The van der Waals surface area contributed by atoms with Gasteiger partial charge in [-0.15, -0.1) is 0 Å². The Morgan fingerprint density at radius 3 is 2.37 bits per heavy atom. The molecule has 0 radical (unpaired) electrons. The van der Waals surface area contributed by atoms with Crippen LogP contribution >= 0.6 is 0 Å². The van der Waals surface area contributed by atoms with Crippen molar-refractivity contribution < 1.29 is 4.74 Å². The van der Waals surface area contributed by atoms with Crippen LogP contribution in [0.5, 0.6) is 0 Å². The van der Waals surface area contributed by atoms with Crippen molar-refractivity contribution in [3.05, 3.63) is 71.8 Å². The van der Waals surface area contributed by atoms with Crippen LogP contribution in [-0.2, 0) is 17.8 Å². The average Bonchev–Trinajstić information content (AvgIpc) is 3.27. The first kappa shape index (κ1) is 18.7. The molecule has 0 saturated heterocycles. The van der Waals surface area contributed by atoms with Gasteiger partial charge in [0, 0.05) is 0 Å². The Morgan fingerprint density at radius 1 is 0.852 bits per heavy atom. The fourth-order valence-corrected chi connectivity index (χ4v) is 5.18. The van der Waals surface area contributed by atoms with E-state index in [0.717, 1.165) is 30.9 Å². The quantitative estimate of drug-likeness (QED) is 0.584. The smallest absolute Gasteiger partial charge is 0.0720 e. The van der Waals surface area contributed by atoms with Gasteiger partial charge in [0.15, 0.2) is 0 Å². The molecule has 0 spiro atoms. The first-order chi connectivity index (χ1) is 13.4. The Bertz CT molecular complexity index is 671. The van der Waals surface area contributed by atoms with Gasteiger partial charge in [0.1, 0.15) is 0 Å². The highest BCUT2D eigenvalue weighted by Gasteiger charge is 2.48. The number of ether oxygens (including phenoxy) is 1. The SMILES string of the molecule is c1ccc(CCCCNCC2CC3CCC2C3OCc2ccccc2)cc1. The van der Waals surface area contributed by atoms with Gasteiger partial charge in [-0.25, -0.2) is 0 Å². The molecule has 2 aliphatic carbocycles. The van der Waals surface area contributed by atoms with Gasteiger partial charge in [-0.1, -0.05) is 60.7 Å². The van der Waals surface area contributed by atoms with E-state index in [-0.39, 0.29) is 0 Å². The summed E-state index contributed by atoms with van der Waals surface area (Å²) in [6, 6.07) is 21.5. The Labute approximate surface area is 164 Å². The lowest BCUT2D eigenvalue weighted by molar-refractivity contribution is 0.00718. The molecule has 4 unspecified atom stereocenters. The molecule has 2 aliphatic rings. The summed E-state index contributed by atoms with van der Waals surface area (Å²) in [5.74, 6) is 2.39. The zero-order chi connectivity index (χ0) is 18.3. The van der Waals surface area contributed by atoms with Crippen LogP contribution in [0.3, 0.4) is 0 Å². The molecule has 144 valence electrons. The van der Waals surface area contributed by atoms with E-state index in [4.69, 9.17) is 4.74 Å². The second kappa shape index (κ2) is 9.52. The van der Waals surface area contributed by atoms with Crippen molar-refractivity contribution in [1.82, 2.24) is 5.32 Å². The largest absolute Gasteiger partial charge is 0.373 e. The third-order valence-corrected chi connectivity index (χ3v) is 6.57. The van der Waals surface area contributed by atoms with Crippen molar-refractivity contribution in [3.63, 3.8) is 0 Å². The van der Waals surface area contributed by atoms with Gasteiger partial charge in [-0.3, -0.25) is 0 Å². The summed E-state index contributed by atoms with van der Waals surface area (Å²) in [5.41, 5.74) is 2.76. The summed E-state index contributed by atoms with van der Waals surface area (Å²) in [4.78, 5) is 0. The molecule has 2 bridgehead atoms. The molecule has 0 aliphatic heterocycles. The fraction of sp³-hybridized carbons (Fsp3) is 0.520. The van der Waals surface area contributed by atoms with Gasteiger partial charge in [-0.05, 0) is 80.5 Å². The Kier molecular flexibility index (Phi) is 6.60. The number of rotatable bonds is 10. The molecular weight excluding hydrogens is 330 g/mol. The molecule has 2 fully saturated rings. The Balaban J connectivity index is 1.13. The molecule has 27 heavy (non-hydrogen) atoms. The molecule has 0 amide bonds. The summed E-state index contributed by atoms with van der Waals surface area (Å²) in [6.45, 7) is 3.10. The highest BCUT2D eigenvalue weighted by molar-refractivity contribution is 5.15. The maximum atomic E-state index is 6.37. The van der Waals surface area contributed by atoms with Crippen molar-refractivity contribution in [3.8, 4) is 0 Å². The molecular formula is C25H33NO. The number of hydrogen-bond acceptors (Lipinski definition) is 2. The summed E-state index contributed by atoms with van der Waals surface area (Å²) < 4.78 is 6.37. The number of fused-ring (bicyclic) bond motifs is 2. The second-order valence-corrected chi connectivity index (χ2v) is 8.41. The van der Waals surface area contributed by atoms with E-state index < -0.39 is 0 Å². The van der Waals surface area contributed by atoms with Crippen LogP contribution in [0.25, 0.3) is 0 Å². The van der Waals surface area contributed by atoms with Crippen molar-refractivity contribution in [1.29, 1.82) is 0 Å². The molecule has 4 rings (SSSR count). The molecule has 2 heteroatoms. The monoisotopic (exact) mass is 363 g/mol. The van der Waals surface area contributed by atoms with Gasteiger partial charge in [0.05, 0.1) is 12.7 Å². The van der Waals surface area contributed by atoms with Crippen LogP contribution in [0.4, 0.5) is 0 Å². The maximum Gasteiger partial charge on any atom is 0.0720 e. The summed E-state index contributed by atoms with van der Waals surface area (Å²) in [6.07, 6.45) is 8.34. The molecule has 2 nitrogen and oxygen atoms in total. The molecule has 0 heterocycles. The van der Waals surface area contributed by atoms with Gasteiger partial charge in [0.2, 0.25) is 0 Å². The van der Waals surface area contributed by atoms with Crippen LogP contribution in [0.2, 0.25) is 0 Å².